The minimum Gasteiger partial charge on any atom is -0.372 e. The summed E-state index contributed by atoms with van der Waals surface area (Å²) in [6.07, 6.45) is 2.04. The molecule has 5 nitrogen and oxygen atoms in total. The van der Waals surface area contributed by atoms with Crippen LogP contribution in [0.15, 0.2) is 10.8 Å². The summed E-state index contributed by atoms with van der Waals surface area (Å²) in [5.41, 5.74) is 0. The normalized spacial score (nSPS) is 24.1. The van der Waals surface area contributed by atoms with E-state index in [9.17, 15) is 0 Å². The molecule has 2 unspecified atom stereocenters. The Kier molecular flexibility index (Phi) is 4.40. The molecule has 1 saturated heterocycles. The smallest absolute Gasteiger partial charge is 0.148 e. The fraction of sp³-hybridized carbons (Fsp3) is 0.667. The van der Waals surface area contributed by atoms with Gasteiger partial charge in [0.1, 0.15) is 22.4 Å². The lowest BCUT2D eigenvalue weighted by Crippen LogP contribution is -2.46. The highest BCUT2D eigenvalue weighted by molar-refractivity contribution is 9.10. The zero-order chi connectivity index (χ0) is 13.1. The SMILES string of the molecule is CCNc1ncnc(N2CC(C)OC(C)C2)c1Br. The molecular weight excluding hydrogens is 296 g/mol. The summed E-state index contributed by atoms with van der Waals surface area (Å²) < 4.78 is 6.66. The molecule has 0 radical (unpaired) electrons. The number of morpholine rings is 1. The van der Waals surface area contributed by atoms with Crippen LogP contribution in [0.5, 0.6) is 0 Å². The Morgan fingerprint density at radius 3 is 2.67 bits per heavy atom. The van der Waals surface area contributed by atoms with E-state index >= 15 is 0 Å². The maximum Gasteiger partial charge on any atom is 0.148 e. The molecule has 1 aliphatic heterocycles. The molecule has 1 aromatic heterocycles. The highest BCUT2D eigenvalue weighted by atomic mass is 79.9. The second-order valence-corrected chi connectivity index (χ2v) is 5.35. The van der Waals surface area contributed by atoms with Crippen molar-refractivity contribution in [1.82, 2.24) is 9.97 Å². The minimum atomic E-state index is 0.221. The van der Waals surface area contributed by atoms with Gasteiger partial charge in [-0.3, -0.25) is 0 Å². The van der Waals surface area contributed by atoms with E-state index in [2.05, 4.69) is 50.0 Å². The predicted molar refractivity (Wildman–Crippen MR) is 76.1 cm³/mol. The van der Waals surface area contributed by atoms with Crippen LogP contribution in [0, 0.1) is 0 Å². The molecule has 0 aromatic carbocycles. The third-order valence-corrected chi connectivity index (χ3v) is 3.56. The molecule has 2 atom stereocenters. The summed E-state index contributed by atoms with van der Waals surface area (Å²) in [6.45, 7) is 8.76. The van der Waals surface area contributed by atoms with Gasteiger partial charge >= 0.3 is 0 Å². The fourth-order valence-corrected chi connectivity index (χ4v) is 2.82. The molecule has 1 fully saturated rings. The molecule has 0 saturated carbocycles. The molecule has 6 heteroatoms. The van der Waals surface area contributed by atoms with Gasteiger partial charge in [-0.1, -0.05) is 0 Å². The van der Waals surface area contributed by atoms with Crippen molar-refractivity contribution in [3.05, 3.63) is 10.8 Å². The number of aromatic nitrogens is 2. The molecule has 1 aromatic rings. The first-order valence-corrected chi connectivity index (χ1v) is 7.05. The second-order valence-electron chi connectivity index (χ2n) is 4.55. The van der Waals surface area contributed by atoms with Gasteiger partial charge in [-0.15, -0.1) is 0 Å². The number of ether oxygens (including phenoxy) is 1. The van der Waals surface area contributed by atoms with Gasteiger partial charge in [0, 0.05) is 19.6 Å². The van der Waals surface area contributed by atoms with Crippen LogP contribution >= 0.6 is 15.9 Å². The average Bonchev–Trinajstić information content (AvgIpc) is 2.31. The van der Waals surface area contributed by atoms with Crippen LogP contribution in [0.25, 0.3) is 0 Å². The number of nitrogens with one attached hydrogen (secondary N) is 1. The van der Waals surface area contributed by atoms with Crippen molar-refractivity contribution in [3.63, 3.8) is 0 Å². The van der Waals surface area contributed by atoms with Crippen molar-refractivity contribution in [3.8, 4) is 0 Å². The van der Waals surface area contributed by atoms with E-state index < -0.39 is 0 Å². The van der Waals surface area contributed by atoms with E-state index in [4.69, 9.17) is 4.74 Å². The third-order valence-electron chi connectivity index (χ3n) is 2.83. The largest absolute Gasteiger partial charge is 0.372 e. The van der Waals surface area contributed by atoms with Crippen LogP contribution in [0.1, 0.15) is 20.8 Å². The number of anilines is 2. The number of hydrogen-bond acceptors (Lipinski definition) is 5. The van der Waals surface area contributed by atoms with Crippen LogP contribution in [-0.2, 0) is 4.74 Å². The molecule has 2 rings (SSSR count). The number of nitrogens with zero attached hydrogens (tertiary/aromatic N) is 3. The van der Waals surface area contributed by atoms with Gasteiger partial charge in [0.05, 0.1) is 12.2 Å². The van der Waals surface area contributed by atoms with Crippen molar-refractivity contribution in [2.24, 2.45) is 0 Å². The van der Waals surface area contributed by atoms with Crippen LogP contribution in [-0.4, -0.2) is 41.8 Å². The molecule has 0 spiro atoms. The zero-order valence-electron chi connectivity index (χ0n) is 11.0. The maximum absolute atomic E-state index is 5.74. The van der Waals surface area contributed by atoms with E-state index in [0.29, 0.717) is 0 Å². The van der Waals surface area contributed by atoms with Gasteiger partial charge < -0.3 is 15.0 Å². The van der Waals surface area contributed by atoms with Crippen LogP contribution in [0.3, 0.4) is 0 Å². The average molecular weight is 315 g/mol. The van der Waals surface area contributed by atoms with E-state index in [1.54, 1.807) is 6.33 Å². The number of halogens is 1. The molecule has 1 aliphatic rings. The zero-order valence-corrected chi connectivity index (χ0v) is 12.6. The molecule has 18 heavy (non-hydrogen) atoms. The Bertz CT molecular complexity index is 405. The van der Waals surface area contributed by atoms with Gasteiger partial charge in [0.15, 0.2) is 0 Å². The van der Waals surface area contributed by atoms with Crippen LogP contribution < -0.4 is 10.2 Å². The maximum atomic E-state index is 5.74. The summed E-state index contributed by atoms with van der Waals surface area (Å²) in [6, 6.07) is 0. The van der Waals surface area contributed by atoms with Crippen LogP contribution in [0.4, 0.5) is 11.6 Å². The Morgan fingerprint density at radius 2 is 2.06 bits per heavy atom. The van der Waals surface area contributed by atoms with E-state index in [1.807, 2.05) is 6.92 Å². The molecule has 0 aliphatic carbocycles. The van der Waals surface area contributed by atoms with Gasteiger partial charge in [-0.05, 0) is 36.7 Å². The molecule has 1 N–H and O–H groups in total. The molecule has 2 heterocycles. The highest BCUT2D eigenvalue weighted by Gasteiger charge is 2.25. The van der Waals surface area contributed by atoms with Gasteiger partial charge in [-0.25, -0.2) is 9.97 Å². The topological polar surface area (TPSA) is 50.3 Å². The lowest BCUT2D eigenvalue weighted by molar-refractivity contribution is -0.00550. The Hall–Kier alpha value is -0.880. The molecule has 100 valence electrons. The Labute approximate surface area is 116 Å². The van der Waals surface area contributed by atoms with Crippen molar-refractivity contribution < 1.29 is 4.74 Å². The lowest BCUT2D eigenvalue weighted by atomic mass is 10.2. The molecule has 0 bridgehead atoms. The lowest BCUT2D eigenvalue weighted by Gasteiger charge is -2.36. The quantitative estimate of drug-likeness (QED) is 0.927. The number of hydrogen-bond donors (Lipinski definition) is 1. The van der Waals surface area contributed by atoms with Crippen molar-refractivity contribution in [2.75, 3.05) is 29.9 Å². The minimum absolute atomic E-state index is 0.221. The molecule has 0 amide bonds. The third kappa shape index (κ3) is 2.92. The van der Waals surface area contributed by atoms with E-state index in [-0.39, 0.29) is 12.2 Å². The first-order valence-electron chi connectivity index (χ1n) is 6.26. The monoisotopic (exact) mass is 314 g/mol. The summed E-state index contributed by atoms with van der Waals surface area (Å²) in [4.78, 5) is 10.9. The van der Waals surface area contributed by atoms with Gasteiger partial charge in [-0.2, -0.15) is 0 Å². The number of rotatable bonds is 3. The van der Waals surface area contributed by atoms with Crippen molar-refractivity contribution in [1.29, 1.82) is 0 Å². The second kappa shape index (κ2) is 5.84. The summed E-state index contributed by atoms with van der Waals surface area (Å²) in [5.74, 6) is 1.78. The molecular formula is C12H19BrN4O. The first kappa shape index (κ1) is 13.5. The summed E-state index contributed by atoms with van der Waals surface area (Å²) in [7, 11) is 0. The highest BCUT2D eigenvalue weighted by Crippen LogP contribution is 2.31. The standard InChI is InChI=1S/C12H19BrN4O/c1-4-14-11-10(13)12(16-7-15-11)17-5-8(2)18-9(3)6-17/h7-9H,4-6H2,1-3H3,(H,14,15,16). The van der Waals surface area contributed by atoms with E-state index in [0.717, 1.165) is 35.7 Å². The Balaban J connectivity index is 2.24. The van der Waals surface area contributed by atoms with Crippen molar-refractivity contribution >= 4 is 27.6 Å². The summed E-state index contributed by atoms with van der Waals surface area (Å²) in [5, 5.41) is 3.22. The van der Waals surface area contributed by atoms with Gasteiger partial charge in [0.25, 0.3) is 0 Å². The fourth-order valence-electron chi connectivity index (χ4n) is 2.22. The Morgan fingerprint density at radius 1 is 1.39 bits per heavy atom. The van der Waals surface area contributed by atoms with E-state index in [1.165, 1.54) is 0 Å². The van der Waals surface area contributed by atoms with Crippen LogP contribution in [0.2, 0.25) is 0 Å². The first-order chi connectivity index (χ1) is 8.61. The predicted octanol–water partition coefficient (Wildman–Crippen LogP) is 2.28. The summed E-state index contributed by atoms with van der Waals surface area (Å²) >= 11 is 3.59. The van der Waals surface area contributed by atoms with Gasteiger partial charge in [0.2, 0.25) is 0 Å². The van der Waals surface area contributed by atoms with Crippen molar-refractivity contribution in [2.45, 2.75) is 33.0 Å².